The highest BCUT2D eigenvalue weighted by molar-refractivity contribution is 5.77. The van der Waals surface area contributed by atoms with Gasteiger partial charge in [-0.2, -0.15) is 5.48 Å². The molecule has 0 saturated carbocycles. The first-order valence-electron chi connectivity index (χ1n) is 8.23. The zero-order valence-electron chi connectivity index (χ0n) is 15.2. The van der Waals surface area contributed by atoms with Crippen molar-refractivity contribution in [1.29, 1.82) is 0 Å². The molecular formula is C18H26N2O5. The molecule has 0 aromatic heterocycles. The van der Waals surface area contributed by atoms with Crippen molar-refractivity contribution < 1.29 is 24.0 Å². The fourth-order valence-corrected chi connectivity index (χ4v) is 1.81. The van der Waals surface area contributed by atoms with Crippen molar-refractivity contribution in [1.82, 2.24) is 10.8 Å². The summed E-state index contributed by atoms with van der Waals surface area (Å²) in [5.41, 5.74) is 3.49. The molecular weight excluding hydrogens is 324 g/mol. The second-order valence-electron chi connectivity index (χ2n) is 6.52. The first-order valence-corrected chi connectivity index (χ1v) is 8.23. The number of ether oxygens (including phenoxy) is 1. The predicted octanol–water partition coefficient (Wildman–Crippen LogP) is 2.63. The second kappa shape index (κ2) is 9.66. The molecule has 0 saturated heterocycles. The highest BCUT2D eigenvalue weighted by Gasteiger charge is 2.15. The quantitative estimate of drug-likeness (QED) is 0.769. The fraction of sp³-hybridized carbons (Fsp3) is 0.500. The van der Waals surface area contributed by atoms with E-state index in [4.69, 9.17) is 4.74 Å². The molecule has 1 rings (SSSR count). The third-order valence-electron chi connectivity index (χ3n) is 3.07. The zero-order chi connectivity index (χ0) is 18.9. The van der Waals surface area contributed by atoms with E-state index in [1.165, 1.54) is 0 Å². The summed E-state index contributed by atoms with van der Waals surface area (Å²) in [4.78, 5) is 38.6. The first-order chi connectivity index (χ1) is 11.7. The van der Waals surface area contributed by atoms with Gasteiger partial charge < -0.3 is 14.9 Å². The van der Waals surface area contributed by atoms with Crippen LogP contribution in [0.4, 0.5) is 4.79 Å². The standard InChI is InChI=1S/C18H26N2O5/c1-5-16(22)25-20-15(21)11-10-13-6-8-14(9-7-13)12-19-17(23)24-18(2,3)4/h6-9H,5,10-12H2,1-4H3,(H,19,23)(H,20,21). The van der Waals surface area contributed by atoms with Crippen LogP contribution in [0.5, 0.6) is 0 Å². The van der Waals surface area contributed by atoms with Gasteiger partial charge in [-0.05, 0) is 38.3 Å². The maximum Gasteiger partial charge on any atom is 0.407 e. The van der Waals surface area contributed by atoms with Gasteiger partial charge in [0.25, 0.3) is 5.91 Å². The Hall–Kier alpha value is -2.57. The van der Waals surface area contributed by atoms with E-state index in [1.807, 2.05) is 24.3 Å². The third-order valence-corrected chi connectivity index (χ3v) is 3.07. The maximum absolute atomic E-state index is 11.6. The summed E-state index contributed by atoms with van der Waals surface area (Å²) in [6.45, 7) is 7.43. The van der Waals surface area contributed by atoms with Crippen LogP contribution in [0.1, 0.15) is 51.7 Å². The summed E-state index contributed by atoms with van der Waals surface area (Å²) >= 11 is 0. The van der Waals surface area contributed by atoms with Crippen LogP contribution in [-0.4, -0.2) is 23.6 Å². The lowest BCUT2D eigenvalue weighted by Crippen LogP contribution is -2.32. The van der Waals surface area contributed by atoms with E-state index in [0.29, 0.717) is 13.0 Å². The van der Waals surface area contributed by atoms with Crippen LogP contribution in [0.25, 0.3) is 0 Å². The van der Waals surface area contributed by atoms with Crippen LogP contribution in [-0.2, 0) is 32.1 Å². The molecule has 0 bridgehead atoms. The second-order valence-corrected chi connectivity index (χ2v) is 6.52. The lowest BCUT2D eigenvalue weighted by Gasteiger charge is -2.19. The molecule has 0 aliphatic rings. The molecule has 138 valence electrons. The van der Waals surface area contributed by atoms with E-state index in [-0.39, 0.29) is 18.7 Å². The van der Waals surface area contributed by atoms with Crippen LogP contribution in [0.15, 0.2) is 24.3 Å². The molecule has 0 aliphatic heterocycles. The highest BCUT2D eigenvalue weighted by atomic mass is 16.7. The highest BCUT2D eigenvalue weighted by Crippen LogP contribution is 2.09. The Kier molecular flexibility index (Phi) is 7.91. The maximum atomic E-state index is 11.6. The minimum atomic E-state index is -0.528. The molecule has 0 spiro atoms. The normalized spacial score (nSPS) is 10.7. The zero-order valence-corrected chi connectivity index (χ0v) is 15.2. The molecule has 0 fully saturated rings. The lowest BCUT2D eigenvalue weighted by atomic mass is 10.1. The topological polar surface area (TPSA) is 93.7 Å². The van der Waals surface area contributed by atoms with Gasteiger partial charge in [-0.3, -0.25) is 4.79 Å². The smallest absolute Gasteiger partial charge is 0.407 e. The molecule has 0 heterocycles. The third kappa shape index (κ3) is 9.34. The summed E-state index contributed by atoms with van der Waals surface area (Å²) in [5.74, 6) is -0.826. The van der Waals surface area contributed by atoms with Crippen LogP contribution >= 0.6 is 0 Å². The van der Waals surface area contributed by atoms with Crippen molar-refractivity contribution in [3.8, 4) is 0 Å². The van der Waals surface area contributed by atoms with Crippen molar-refractivity contribution in [2.75, 3.05) is 0 Å². The molecule has 7 nitrogen and oxygen atoms in total. The van der Waals surface area contributed by atoms with Crippen LogP contribution in [0.2, 0.25) is 0 Å². The molecule has 0 atom stereocenters. The van der Waals surface area contributed by atoms with Gasteiger partial charge >= 0.3 is 12.1 Å². The molecule has 2 amide bonds. The summed E-state index contributed by atoms with van der Waals surface area (Å²) in [6, 6.07) is 7.53. The predicted molar refractivity (Wildman–Crippen MR) is 92.4 cm³/mol. The van der Waals surface area contributed by atoms with E-state index in [2.05, 4.69) is 15.6 Å². The first kappa shape index (κ1) is 20.5. The van der Waals surface area contributed by atoms with E-state index in [0.717, 1.165) is 11.1 Å². The molecule has 0 unspecified atom stereocenters. The van der Waals surface area contributed by atoms with E-state index in [1.54, 1.807) is 27.7 Å². The van der Waals surface area contributed by atoms with Crippen LogP contribution < -0.4 is 10.8 Å². The van der Waals surface area contributed by atoms with Gasteiger partial charge in [0.05, 0.1) is 0 Å². The summed E-state index contributed by atoms with van der Waals surface area (Å²) < 4.78 is 5.17. The van der Waals surface area contributed by atoms with Crippen molar-refractivity contribution in [2.24, 2.45) is 0 Å². The van der Waals surface area contributed by atoms with Gasteiger partial charge in [-0.15, -0.1) is 0 Å². The Balaban J connectivity index is 2.35. The summed E-state index contributed by atoms with van der Waals surface area (Å²) in [7, 11) is 0. The number of benzene rings is 1. The number of carbonyl (C=O) groups excluding carboxylic acids is 3. The Labute approximate surface area is 148 Å². The monoisotopic (exact) mass is 350 g/mol. The Bertz CT molecular complexity index is 590. The molecule has 1 aromatic carbocycles. The Morgan fingerprint density at radius 1 is 1.04 bits per heavy atom. The average Bonchev–Trinajstić information content (AvgIpc) is 2.55. The molecule has 0 aliphatic carbocycles. The van der Waals surface area contributed by atoms with E-state index in [9.17, 15) is 14.4 Å². The Morgan fingerprint density at radius 2 is 1.64 bits per heavy atom. The fourth-order valence-electron chi connectivity index (χ4n) is 1.81. The van der Waals surface area contributed by atoms with Crippen LogP contribution in [0, 0.1) is 0 Å². The van der Waals surface area contributed by atoms with Gasteiger partial charge in [0.15, 0.2) is 0 Å². The molecule has 1 aromatic rings. The number of rotatable bonds is 6. The van der Waals surface area contributed by atoms with Gasteiger partial charge in [0.1, 0.15) is 5.60 Å². The van der Waals surface area contributed by atoms with Crippen LogP contribution in [0.3, 0.4) is 0 Å². The summed E-state index contributed by atoms with van der Waals surface area (Å²) in [5, 5.41) is 2.68. The van der Waals surface area contributed by atoms with Crippen molar-refractivity contribution in [3.63, 3.8) is 0 Å². The number of hydrogen-bond acceptors (Lipinski definition) is 5. The lowest BCUT2D eigenvalue weighted by molar-refractivity contribution is -0.157. The van der Waals surface area contributed by atoms with E-state index < -0.39 is 17.7 Å². The number of carbonyl (C=O) groups is 3. The number of amides is 2. The number of alkyl carbamates (subject to hydrolysis) is 1. The van der Waals surface area contributed by atoms with Crippen molar-refractivity contribution in [2.45, 2.75) is 59.1 Å². The van der Waals surface area contributed by atoms with Gasteiger partial charge in [-0.25, -0.2) is 9.59 Å². The number of hydroxylamine groups is 1. The molecule has 2 N–H and O–H groups in total. The van der Waals surface area contributed by atoms with Gasteiger partial charge in [0.2, 0.25) is 0 Å². The number of nitrogens with one attached hydrogen (secondary N) is 2. The molecule has 7 heteroatoms. The minimum absolute atomic E-state index is 0.207. The Morgan fingerprint density at radius 3 is 2.20 bits per heavy atom. The number of aryl methyl sites for hydroxylation is 1. The van der Waals surface area contributed by atoms with Crippen molar-refractivity contribution >= 4 is 18.0 Å². The molecule has 25 heavy (non-hydrogen) atoms. The van der Waals surface area contributed by atoms with Gasteiger partial charge in [-0.1, -0.05) is 31.2 Å². The minimum Gasteiger partial charge on any atom is -0.444 e. The average molecular weight is 350 g/mol. The van der Waals surface area contributed by atoms with Gasteiger partial charge in [0, 0.05) is 19.4 Å². The SMILES string of the molecule is CCC(=O)ONC(=O)CCc1ccc(CNC(=O)OC(C)(C)C)cc1. The molecule has 0 radical (unpaired) electrons. The summed E-state index contributed by atoms with van der Waals surface area (Å²) in [6.07, 6.45) is 0.482. The van der Waals surface area contributed by atoms with E-state index >= 15 is 0 Å². The van der Waals surface area contributed by atoms with Crippen molar-refractivity contribution in [3.05, 3.63) is 35.4 Å². The number of hydrogen-bond donors (Lipinski definition) is 2. The largest absolute Gasteiger partial charge is 0.444 e.